The summed E-state index contributed by atoms with van der Waals surface area (Å²) in [5.74, 6) is -1.58. The zero-order valence-electron chi connectivity index (χ0n) is 19.2. The minimum absolute atomic E-state index is 0.156. The minimum Gasteiger partial charge on any atom is -0.371 e. The third-order valence-corrected chi connectivity index (χ3v) is 6.25. The van der Waals surface area contributed by atoms with Crippen LogP contribution in [0.1, 0.15) is 18.4 Å². The molecule has 2 aliphatic rings. The Bertz CT molecular complexity index is 1320. The van der Waals surface area contributed by atoms with E-state index in [2.05, 4.69) is 4.90 Å². The molecule has 4 amide bonds. The van der Waals surface area contributed by atoms with E-state index in [9.17, 15) is 24.5 Å². The molecule has 0 saturated carbocycles. The van der Waals surface area contributed by atoms with E-state index >= 15 is 0 Å². The van der Waals surface area contributed by atoms with E-state index in [4.69, 9.17) is 0 Å². The van der Waals surface area contributed by atoms with Gasteiger partial charge in [0.25, 0.3) is 17.5 Å². The summed E-state index contributed by atoms with van der Waals surface area (Å²) in [6.45, 7) is 1.53. The number of nitrogens with zero attached hydrogens (tertiary/aromatic N) is 4. The van der Waals surface area contributed by atoms with E-state index in [-0.39, 0.29) is 11.3 Å². The number of nitro groups is 1. The highest BCUT2D eigenvalue weighted by Crippen LogP contribution is 2.33. The molecule has 2 heterocycles. The van der Waals surface area contributed by atoms with Crippen LogP contribution in [0.3, 0.4) is 0 Å². The fourth-order valence-electron chi connectivity index (χ4n) is 4.51. The van der Waals surface area contributed by atoms with Crippen molar-refractivity contribution < 1.29 is 19.3 Å². The number of rotatable bonds is 5. The monoisotopic (exact) mass is 482 g/mol. The highest BCUT2D eigenvalue weighted by molar-refractivity contribution is 6.46. The van der Waals surface area contributed by atoms with Crippen LogP contribution in [0.2, 0.25) is 0 Å². The quantitative estimate of drug-likeness (QED) is 0.224. The highest BCUT2D eigenvalue weighted by Gasteiger charge is 2.43. The molecule has 0 radical (unpaired) electrons. The number of urea groups is 1. The van der Waals surface area contributed by atoms with Gasteiger partial charge in [0.1, 0.15) is 5.57 Å². The Morgan fingerprint density at radius 3 is 1.78 bits per heavy atom. The Kier molecular flexibility index (Phi) is 6.03. The summed E-state index contributed by atoms with van der Waals surface area (Å²) in [5.41, 5.74) is 1.27. The van der Waals surface area contributed by atoms with Gasteiger partial charge in [0.05, 0.1) is 16.3 Å². The number of hydrogen-bond acceptors (Lipinski definition) is 6. The molecule has 0 N–H and O–H groups in total. The second-order valence-electron chi connectivity index (χ2n) is 8.49. The van der Waals surface area contributed by atoms with Gasteiger partial charge in [-0.2, -0.15) is 0 Å². The van der Waals surface area contributed by atoms with E-state index in [1.165, 1.54) is 18.2 Å². The van der Waals surface area contributed by atoms with Crippen LogP contribution in [0.5, 0.6) is 0 Å². The maximum Gasteiger partial charge on any atom is 0.343 e. The lowest BCUT2D eigenvalue weighted by atomic mass is 10.0. The number of barbiturate groups is 1. The van der Waals surface area contributed by atoms with Crippen molar-refractivity contribution in [2.24, 2.45) is 0 Å². The van der Waals surface area contributed by atoms with Crippen LogP contribution in [0.25, 0.3) is 6.08 Å². The number of carbonyl (C=O) groups is 3. The molecule has 0 bridgehead atoms. The maximum atomic E-state index is 13.6. The van der Waals surface area contributed by atoms with Gasteiger partial charge in [-0.05, 0) is 49.2 Å². The SMILES string of the molecule is O=C1C(=Cc2cc([N+](=O)[O-])ccc2N2CCCC2)C(=O)N(c2ccccc2)C(=O)N1c1ccccc1. The number of benzene rings is 3. The van der Waals surface area contributed by atoms with Crippen LogP contribution >= 0.6 is 0 Å². The van der Waals surface area contributed by atoms with Crippen LogP contribution in [0, 0.1) is 10.1 Å². The molecule has 2 saturated heterocycles. The van der Waals surface area contributed by atoms with Gasteiger partial charge < -0.3 is 4.90 Å². The Hall–Kier alpha value is -4.79. The van der Waals surface area contributed by atoms with Gasteiger partial charge in [0, 0.05) is 36.5 Å². The number of nitro benzene ring substituents is 1. The lowest BCUT2D eigenvalue weighted by Crippen LogP contribution is -2.57. The second-order valence-corrected chi connectivity index (χ2v) is 8.49. The topological polar surface area (TPSA) is 104 Å². The van der Waals surface area contributed by atoms with Crippen molar-refractivity contribution in [3.05, 3.63) is 100 Å². The van der Waals surface area contributed by atoms with Gasteiger partial charge in [-0.1, -0.05) is 36.4 Å². The Morgan fingerprint density at radius 1 is 0.750 bits per heavy atom. The predicted molar refractivity (Wildman–Crippen MR) is 136 cm³/mol. The molecule has 3 aromatic carbocycles. The molecule has 36 heavy (non-hydrogen) atoms. The van der Waals surface area contributed by atoms with Crippen LogP contribution in [0.15, 0.2) is 84.4 Å². The molecule has 9 nitrogen and oxygen atoms in total. The van der Waals surface area contributed by atoms with Crippen molar-refractivity contribution in [1.82, 2.24) is 0 Å². The number of anilines is 3. The van der Waals surface area contributed by atoms with Crippen molar-refractivity contribution in [2.45, 2.75) is 12.8 Å². The molecule has 180 valence electrons. The summed E-state index contributed by atoms with van der Waals surface area (Å²) in [7, 11) is 0. The average Bonchev–Trinajstić information content (AvgIpc) is 3.43. The van der Waals surface area contributed by atoms with Crippen molar-refractivity contribution in [3.8, 4) is 0 Å². The summed E-state index contributed by atoms with van der Waals surface area (Å²) in [4.78, 5) is 55.7. The van der Waals surface area contributed by atoms with E-state index in [0.29, 0.717) is 22.6 Å². The third-order valence-electron chi connectivity index (χ3n) is 6.25. The van der Waals surface area contributed by atoms with Crippen molar-refractivity contribution in [2.75, 3.05) is 27.8 Å². The Balaban J connectivity index is 1.68. The number of hydrogen-bond donors (Lipinski definition) is 0. The molecule has 0 spiro atoms. The van der Waals surface area contributed by atoms with Gasteiger partial charge in [-0.15, -0.1) is 0 Å². The average molecular weight is 482 g/mol. The van der Waals surface area contributed by atoms with Gasteiger partial charge in [0.15, 0.2) is 0 Å². The fourth-order valence-corrected chi connectivity index (χ4v) is 4.51. The normalized spacial score (nSPS) is 16.1. The first-order valence-corrected chi connectivity index (χ1v) is 11.5. The molecular formula is C27H22N4O5. The third kappa shape index (κ3) is 4.11. The number of carbonyl (C=O) groups excluding carboxylic acids is 3. The van der Waals surface area contributed by atoms with E-state index < -0.39 is 22.8 Å². The lowest BCUT2D eigenvalue weighted by molar-refractivity contribution is -0.384. The van der Waals surface area contributed by atoms with Gasteiger partial charge in [-0.3, -0.25) is 19.7 Å². The number of imide groups is 2. The molecule has 2 fully saturated rings. The van der Waals surface area contributed by atoms with E-state index in [1.807, 2.05) is 0 Å². The maximum absolute atomic E-state index is 13.6. The highest BCUT2D eigenvalue weighted by atomic mass is 16.6. The Morgan fingerprint density at radius 2 is 1.28 bits per heavy atom. The first-order valence-electron chi connectivity index (χ1n) is 11.5. The molecular weight excluding hydrogens is 460 g/mol. The zero-order chi connectivity index (χ0) is 25.2. The Labute approximate surface area is 207 Å². The summed E-state index contributed by atoms with van der Waals surface area (Å²) in [5, 5.41) is 11.5. The standard InChI is InChI=1S/C27H22N4O5/c32-25-23(18-19-17-22(31(35)36)13-14-24(19)28-15-7-8-16-28)26(33)30(21-11-5-2-6-12-21)27(34)29(25)20-9-3-1-4-10-20/h1-6,9-14,17-18H,7-8,15-16H2. The smallest absolute Gasteiger partial charge is 0.343 e. The predicted octanol–water partition coefficient (Wildman–Crippen LogP) is 4.78. The largest absolute Gasteiger partial charge is 0.371 e. The zero-order valence-corrected chi connectivity index (χ0v) is 19.2. The van der Waals surface area contributed by atoms with Gasteiger partial charge in [0.2, 0.25) is 0 Å². The second kappa shape index (κ2) is 9.46. The van der Waals surface area contributed by atoms with Crippen LogP contribution in [0.4, 0.5) is 27.5 Å². The van der Waals surface area contributed by atoms with Crippen LogP contribution < -0.4 is 14.7 Å². The van der Waals surface area contributed by atoms with E-state index in [1.54, 1.807) is 66.7 Å². The molecule has 2 aliphatic heterocycles. The van der Waals surface area contributed by atoms with Crippen molar-refractivity contribution in [3.63, 3.8) is 0 Å². The molecule has 0 aromatic heterocycles. The van der Waals surface area contributed by atoms with E-state index in [0.717, 1.165) is 35.7 Å². The summed E-state index contributed by atoms with van der Waals surface area (Å²) >= 11 is 0. The summed E-state index contributed by atoms with van der Waals surface area (Å²) < 4.78 is 0. The molecule has 0 atom stereocenters. The fraction of sp³-hybridized carbons (Fsp3) is 0.148. The van der Waals surface area contributed by atoms with Crippen LogP contribution in [-0.2, 0) is 9.59 Å². The molecule has 3 aromatic rings. The number of para-hydroxylation sites is 2. The summed E-state index contributed by atoms with van der Waals surface area (Å²) in [6, 6.07) is 20.3. The molecule has 0 aliphatic carbocycles. The first-order chi connectivity index (χ1) is 17.5. The van der Waals surface area contributed by atoms with Crippen LogP contribution in [-0.4, -0.2) is 35.9 Å². The van der Waals surface area contributed by atoms with Gasteiger partial charge >= 0.3 is 6.03 Å². The first kappa shape index (κ1) is 23.0. The molecule has 5 rings (SSSR count). The minimum atomic E-state index is -0.793. The summed E-state index contributed by atoms with van der Waals surface area (Å²) in [6.07, 6.45) is 3.31. The van der Waals surface area contributed by atoms with Crippen molar-refractivity contribution in [1.29, 1.82) is 0 Å². The van der Waals surface area contributed by atoms with Crippen molar-refractivity contribution >= 4 is 46.7 Å². The number of amides is 4. The van der Waals surface area contributed by atoms with Gasteiger partial charge in [-0.25, -0.2) is 14.6 Å². The molecule has 0 unspecified atom stereocenters. The number of non-ortho nitro benzene ring substituents is 1. The lowest BCUT2D eigenvalue weighted by Gasteiger charge is -2.34. The molecule has 9 heteroatoms.